The maximum Gasteiger partial charge on any atom is 0.276 e. The number of imidazole rings is 3. The molecular weight excluding hydrogens is 1380 g/mol. The molecule has 106 heavy (non-hydrogen) atoms. The maximum atomic E-state index is 13.3. The Bertz CT molecular complexity index is 5170. The zero-order chi connectivity index (χ0) is 75.1. The summed E-state index contributed by atoms with van der Waals surface area (Å²) in [6, 6.07) is 52.8. The number of nitrogens with one attached hydrogen (secondary N) is 7. The first kappa shape index (κ1) is 73.8. The second-order valence-corrected chi connectivity index (χ2v) is 24.8. The van der Waals surface area contributed by atoms with Gasteiger partial charge in [-0.1, -0.05) is 89.5 Å². The number of nitro benzene ring substituents is 2. The molecule has 540 valence electrons. The zero-order valence-electron chi connectivity index (χ0n) is 57.9. The second kappa shape index (κ2) is 33.6. The van der Waals surface area contributed by atoms with Gasteiger partial charge < -0.3 is 70.6 Å². The van der Waals surface area contributed by atoms with Crippen molar-refractivity contribution < 1.29 is 43.7 Å². The minimum Gasteiger partial charge on any atom is -0.400 e. The fourth-order valence-electron chi connectivity index (χ4n) is 12.0. The summed E-state index contributed by atoms with van der Waals surface area (Å²) in [5.74, 6) is 0.368. The van der Waals surface area contributed by atoms with Crippen LogP contribution in [0.5, 0.6) is 0 Å². The lowest BCUT2D eigenvalue weighted by molar-refractivity contribution is -0.385. The van der Waals surface area contributed by atoms with Crippen molar-refractivity contribution in [3.8, 4) is 34.2 Å². The van der Waals surface area contributed by atoms with Crippen molar-refractivity contribution in [1.82, 2.24) is 58.7 Å². The van der Waals surface area contributed by atoms with E-state index in [-0.39, 0.29) is 53.8 Å². The first-order chi connectivity index (χ1) is 51.2. The number of nitrogen functional groups attached to an aromatic ring is 1. The van der Waals surface area contributed by atoms with Gasteiger partial charge in [0.2, 0.25) is 0 Å². The van der Waals surface area contributed by atoms with E-state index >= 15 is 0 Å². The van der Waals surface area contributed by atoms with Crippen LogP contribution in [0, 0.1) is 41.0 Å². The minimum atomic E-state index is -0.467. The monoisotopic (exact) mass is 1450 g/mol. The molecule has 30 heteroatoms. The molecular formula is C76H73ClN18O11. The maximum absolute atomic E-state index is 13.3. The number of amides is 5. The van der Waals surface area contributed by atoms with Crippen LogP contribution in [0.2, 0.25) is 0 Å². The molecule has 5 amide bonds. The number of anilines is 4. The van der Waals surface area contributed by atoms with Crippen LogP contribution in [0.1, 0.15) is 96.7 Å². The number of carbonyl (C=O) groups is 6. The molecule has 3 aliphatic heterocycles. The lowest BCUT2D eigenvalue weighted by Gasteiger charge is -2.29. The van der Waals surface area contributed by atoms with Crippen LogP contribution < -0.4 is 27.0 Å². The van der Waals surface area contributed by atoms with Crippen molar-refractivity contribution in [3.63, 3.8) is 0 Å². The Morgan fingerprint density at radius 3 is 1.17 bits per heavy atom. The van der Waals surface area contributed by atoms with Gasteiger partial charge in [-0.3, -0.25) is 49.0 Å². The standard InChI is InChI=1S/C25H22N6O4.C25H24N6O2.C20H19N5O3.C5H4ClNO.CH4O/c1-16-7-9-18(10-8-16)27-24(32)22-21-15-29(25(33)20-6-3-11-26-20)12-13-30(21)23(28-22)17-4-2-5-19(14-17)31(34)35;1-16-7-9-19(10-8-16)28-24(32)22-21-15-30(25(33)20-6-3-11-27-20)12-13-31(21)23(29-22)17-4-2-5-18(26)14-17;1-13-5-7-15(8-6-13)22-20(26)18-17-12-21-9-10-24(17)19(23-18)14-3-2-4-16(11-14)25(27)28;6-5(8)4-2-1-3-7-4;1-2/h2-11,14,26H,12-13,15H2,1H3,(H,27,32);2-11,14,27H,12-13,15,26H2,1H3,(H,28,32);2-8,11,21H,9-10,12H2,1H3,(H,22,26);1-3,7H;2H,1H3. The number of non-ortho nitro benzene ring substituents is 2. The van der Waals surface area contributed by atoms with Gasteiger partial charge in [0.15, 0.2) is 17.1 Å². The topological polar surface area (TPSA) is 390 Å². The van der Waals surface area contributed by atoms with Crippen LogP contribution in [0.15, 0.2) is 201 Å². The number of nitrogens with zero attached hydrogens (tertiary/aromatic N) is 10. The van der Waals surface area contributed by atoms with Crippen LogP contribution >= 0.6 is 11.6 Å². The number of aliphatic hydroxyl groups is 1. The van der Waals surface area contributed by atoms with Crippen LogP contribution in [0.4, 0.5) is 34.1 Å². The van der Waals surface area contributed by atoms with Crippen LogP contribution in [0.3, 0.4) is 0 Å². The third kappa shape index (κ3) is 17.4. The highest BCUT2D eigenvalue weighted by Gasteiger charge is 2.34. The number of nitro groups is 2. The van der Waals surface area contributed by atoms with E-state index in [4.69, 9.17) is 27.4 Å². The lowest BCUT2D eigenvalue weighted by Crippen LogP contribution is -2.39. The Morgan fingerprint density at radius 1 is 0.462 bits per heavy atom. The number of hydrogen-bond donors (Lipinski definition) is 9. The summed E-state index contributed by atoms with van der Waals surface area (Å²) in [6.45, 7) is 10.1. The molecule has 3 aliphatic rings. The van der Waals surface area contributed by atoms with Gasteiger partial charge >= 0.3 is 0 Å². The molecule has 29 nitrogen and oxygen atoms in total. The molecule has 9 heterocycles. The summed E-state index contributed by atoms with van der Waals surface area (Å²) < 4.78 is 5.83. The molecule has 6 aromatic carbocycles. The average molecular weight is 1450 g/mol. The van der Waals surface area contributed by atoms with Gasteiger partial charge in [-0.25, -0.2) is 15.0 Å². The molecule has 0 unspecified atom stereocenters. The number of nitrogens with two attached hydrogens (primary N) is 1. The van der Waals surface area contributed by atoms with Gasteiger partial charge in [0.1, 0.15) is 28.9 Å². The van der Waals surface area contributed by atoms with Gasteiger partial charge in [-0.2, -0.15) is 0 Å². The Balaban J connectivity index is 0.000000149. The van der Waals surface area contributed by atoms with Crippen LogP contribution in [-0.2, 0) is 39.3 Å². The van der Waals surface area contributed by atoms with Gasteiger partial charge in [-0.15, -0.1) is 0 Å². The molecule has 0 saturated carbocycles. The van der Waals surface area contributed by atoms with Crippen molar-refractivity contribution >= 4 is 80.5 Å². The normalized spacial score (nSPS) is 12.4. The van der Waals surface area contributed by atoms with E-state index in [0.717, 1.165) is 41.6 Å². The van der Waals surface area contributed by atoms with Crippen molar-refractivity contribution in [3.05, 3.63) is 289 Å². The van der Waals surface area contributed by atoms with Gasteiger partial charge in [0, 0.05) is 135 Å². The number of aromatic amines is 3. The molecule has 0 atom stereocenters. The van der Waals surface area contributed by atoms with Crippen molar-refractivity contribution in [2.24, 2.45) is 0 Å². The number of H-pyrrole nitrogens is 3. The summed E-state index contributed by atoms with van der Waals surface area (Å²) in [6.07, 6.45) is 5.05. The van der Waals surface area contributed by atoms with Gasteiger partial charge in [0.25, 0.3) is 46.2 Å². The minimum absolute atomic E-state index is 0.00515. The van der Waals surface area contributed by atoms with Gasteiger partial charge in [-0.05, 0) is 117 Å². The molecule has 10 N–H and O–H groups in total. The van der Waals surface area contributed by atoms with Crippen LogP contribution in [0.25, 0.3) is 34.2 Å². The fourth-order valence-corrected chi connectivity index (χ4v) is 12.1. The number of carbonyl (C=O) groups excluding carboxylic acids is 6. The largest absolute Gasteiger partial charge is 0.400 e. The molecule has 12 aromatic rings. The number of fused-ring (bicyclic) bond motifs is 3. The Labute approximate surface area is 611 Å². The van der Waals surface area contributed by atoms with E-state index in [0.29, 0.717) is 130 Å². The van der Waals surface area contributed by atoms with E-state index in [2.05, 4.69) is 46.2 Å². The second-order valence-electron chi connectivity index (χ2n) is 24.5. The van der Waals surface area contributed by atoms with E-state index in [9.17, 15) is 49.0 Å². The quantitative estimate of drug-likeness (QED) is 0.0211. The van der Waals surface area contributed by atoms with E-state index < -0.39 is 21.0 Å². The van der Waals surface area contributed by atoms with Crippen molar-refractivity contribution in [2.45, 2.75) is 60.0 Å². The predicted molar refractivity (Wildman–Crippen MR) is 400 cm³/mol. The summed E-state index contributed by atoms with van der Waals surface area (Å²) in [7, 11) is 1.00. The highest BCUT2D eigenvalue weighted by molar-refractivity contribution is 6.67. The number of hydrogen-bond acceptors (Lipinski definition) is 16. The van der Waals surface area contributed by atoms with Crippen molar-refractivity contribution in [2.75, 3.05) is 48.4 Å². The number of aliphatic hydroxyl groups excluding tert-OH is 1. The molecule has 6 aromatic heterocycles. The number of aromatic nitrogens is 9. The smallest absolute Gasteiger partial charge is 0.276 e. The molecule has 0 aliphatic carbocycles. The summed E-state index contributed by atoms with van der Waals surface area (Å²) in [5, 5.41) is 40.9. The Kier molecular flexibility index (Phi) is 23.4. The van der Waals surface area contributed by atoms with E-state index in [1.165, 1.54) is 24.3 Å². The fraction of sp³-hybridized carbons (Fsp3) is 0.171. The van der Waals surface area contributed by atoms with Crippen LogP contribution in [-0.4, -0.2) is 130 Å². The Morgan fingerprint density at radius 2 is 0.821 bits per heavy atom. The average Bonchev–Trinajstić information content (AvgIpc) is 1.62. The third-order valence-electron chi connectivity index (χ3n) is 17.3. The summed E-state index contributed by atoms with van der Waals surface area (Å²) in [5.41, 5.74) is 18.1. The first-order valence-electron chi connectivity index (χ1n) is 33.3. The van der Waals surface area contributed by atoms with Crippen molar-refractivity contribution in [1.29, 1.82) is 0 Å². The molecule has 0 saturated heterocycles. The summed E-state index contributed by atoms with van der Waals surface area (Å²) in [4.78, 5) is 123. The molecule has 0 fully saturated rings. The number of halogens is 1. The first-order valence-corrected chi connectivity index (χ1v) is 33.7. The Hall–Kier alpha value is -13.4. The third-order valence-corrected chi connectivity index (χ3v) is 17.5. The lowest BCUT2D eigenvalue weighted by atomic mass is 10.1. The number of rotatable bonds is 14. The molecule has 15 rings (SSSR count). The summed E-state index contributed by atoms with van der Waals surface area (Å²) >= 11 is 5.07. The number of benzene rings is 6. The van der Waals surface area contributed by atoms with E-state index in [1.807, 2.05) is 119 Å². The highest BCUT2D eigenvalue weighted by atomic mass is 35.5. The van der Waals surface area contributed by atoms with Gasteiger partial charge in [0.05, 0.1) is 45.7 Å². The highest BCUT2D eigenvalue weighted by Crippen LogP contribution is 2.33. The zero-order valence-corrected chi connectivity index (χ0v) is 58.6. The predicted octanol–water partition coefficient (Wildman–Crippen LogP) is 11.8. The molecule has 0 bridgehead atoms. The number of aryl methyl sites for hydroxylation is 3. The SMILES string of the molecule is CO.Cc1ccc(NC(=O)c2nc(-c3cccc(N)c3)n3c2CN(C(=O)c2ccc[nH]2)CC3)cc1.Cc1ccc(NC(=O)c2nc(-c3cccc([N+](=O)[O-])c3)n3c2CN(C(=O)c2ccc[nH]2)CC3)cc1.Cc1ccc(NC(=O)c2nc(-c3cccc([N+](=O)[O-])c3)n3c2CNCC3)cc1.O=C(Cl)c1ccc[nH]1. The van der Waals surface area contributed by atoms with E-state index in [1.54, 1.807) is 101 Å². The molecule has 0 radical (unpaired) electrons. The molecule has 0 spiro atoms.